The molecule has 0 radical (unpaired) electrons. The average Bonchev–Trinajstić information content (AvgIpc) is 2.71. The number of hydrogen-bond acceptors (Lipinski definition) is 4. The van der Waals surface area contributed by atoms with Gasteiger partial charge in [0.2, 0.25) is 6.04 Å². The van der Waals surface area contributed by atoms with Crippen LogP contribution in [0.1, 0.15) is 84.0 Å². The summed E-state index contributed by atoms with van der Waals surface area (Å²) in [6.07, 6.45) is 27.6. The summed E-state index contributed by atoms with van der Waals surface area (Å²) in [6.45, 7) is 2.22. The highest BCUT2D eigenvalue weighted by molar-refractivity contribution is 5.69. The van der Waals surface area contributed by atoms with Crippen molar-refractivity contribution < 1.29 is 14.5 Å². The van der Waals surface area contributed by atoms with Gasteiger partial charge in [-0.2, -0.15) is 0 Å². The maximum Gasteiger partial charge on any atom is 0.305 e. The molecule has 0 bridgehead atoms. The number of rotatable bonds is 18. The molecule has 5 heteroatoms. The Hall–Kier alpha value is -2.17. The van der Waals surface area contributed by atoms with Crippen LogP contribution in [0.2, 0.25) is 0 Å². The lowest BCUT2D eigenvalue weighted by Crippen LogP contribution is -2.20. The van der Waals surface area contributed by atoms with Gasteiger partial charge in [-0.25, -0.2) is 0 Å². The van der Waals surface area contributed by atoms with E-state index in [1.54, 1.807) is 0 Å². The van der Waals surface area contributed by atoms with Crippen LogP contribution < -0.4 is 0 Å². The molecule has 1 atom stereocenters. The zero-order valence-electron chi connectivity index (χ0n) is 18.3. The van der Waals surface area contributed by atoms with Gasteiger partial charge in [0.25, 0.3) is 0 Å². The molecule has 0 N–H and O–H groups in total. The molecule has 0 aliphatic heterocycles. The molecule has 1 unspecified atom stereocenters. The van der Waals surface area contributed by atoms with Crippen molar-refractivity contribution in [1.82, 2.24) is 0 Å². The predicted octanol–water partition coefficient (Wildman–Crippen LogP) is 6.73. The van der Waals surface area contributed by atoms with Crippen LogP contribution in [-0.4, -0.2) is 24.0 Å². The fourth-order valence-electron chi connectivity index (χ4n) is 2.77. The van der Waals surface area contributed by atoms with Gasteiger partial charge in [0.1, 0.15) is 0 Å². The molecule has 0 aromatic carbocycles. The lowest BCUT2D eigenvalue weighted by molar-refractivity contribution is -0.524. The maximum atomic E-state index is 11.1. The Morgan fingerprint density at radius 1 is 0.862 bits per heavy atom. The average molecular weight is 406 g/mol. The second-order valence-corrected chi connectivity index (χ2v) is 7.07. The smallest absolute Gasteiger partial charge is 0.305 e. The van der Waals surface area contributed by atoms with Crippen LogP contribution in [0.15, 0.2) is 48.6 Å². The molecule has 0 aromatic heterocycles. The lowest BCUT2D eigenvalue weighted by Gasteiger charge is -2.07. The van der Waals surface area contributed by atoms with Crippen molar-refractivity contribution in [2.75, 3.05) is 7.11 Å². The molecule has 5 nitrogen and oxygen atoms in total. The Kier molecular flexibility index (Phi) is 19.0. The van der Waals surface area contributed by atoms with E-state index in [0.717, 1.165) is 32.1 Å². The minimum absolute atomic E-state index is 0.104. The highest BCUT2D eigenvalue weighted by Crippen LogP contribution is 2.11. The molecule has 0 amide bonds. The summed E-state index contributed by atoms with van der Waals surface area (Å²) in [7, 11) is 1.30. The first-order valence-corrected chi connectivity index (χ1v) is 10.9. The van der Waals surface area contributed by atoms with E-state index in [9.17, 15) is 14.9 Å². The van der Waals surface area contributed by atoms with E-state index in [4.69, 9.17) is 0 Å². The SMILES string of the molecule is CCCCCC=CCC=CCC=CCC=CCCCC(CCC(=O)OC)[N+](=O)[O-]. The molecule has 0 spiro atoms. The molecule has 0 aliphatic rings. The third-order valence-electron chi connectivity index (χ3n) is 4.57. The van der Waals surface area contributed by atoms with E-state index in [0.29, 0.717) is 6.42 Å². The predicted molar refractivity (Wildman–Crippen MR) is 120 cm³/mol. The fourth-order valence-corrected chi connectivity index (χ4v) is 2.77. The first-order chi connectivity index (χ1) is 14.1. The van der Waals surface area contributed by atoms with Gasteiger partial charge >= 0.3 is 5.97 Å². The Labute approximate surface area is 176 Å². The third-order valence-corrected chi connectivity index (χ3v) is 4.57. The van der Waals surface area contributed by atoms with Crippen molar-refractivity contribution in [2.45, 2.75) is 90.0 Å². The molecular formula is C24H39NO4. The molecular weight excluding hydrogens is 366 g/mol. The molecule has 0 saturated heterocycles. The quantitative estimate of drug-likeness (QED) is 0.0833. The molecule has 0 heterocycles. The largest absolute Gasteiger partial charge is 0.469 e. The Morgan fingerprint density at radius 2 is 1.38 bits per heavy atom. The molecule has 0 fully saturated rings. The van der Waals surface area contributed by atoms with Crippen LogP contribution in [0.5, 0.6) is 0 Å². The van der Waals surface area contributed by atoms with E-state index >= 15 is 0 Å². The number of nitro groups is 1. The summed E-state index contributed by atoms with van der Waals surface area (Å²) in [4.78, 5) is 21.8. The van der Waals surface area contributed by atoms with Crippen LogP contribution in [0.3, 0.4) is 0 Å². The molecule has 0 saturated carbocycles. The first kappa shape index (κ1) is 26.8. The Morgan fingerprint density at radius 3 is 1.86 bits per heavy atom. The minimum Gasteiger partial charge on any atom is -0.469 e. The second kappa shape index (κ2) is 20.6. The van der Waals surface area contributed by atoms with Crippen LogP contribution in [0.25, 0.3) is 0 Å². The number of allylic oxidation sites excluding steroid dienone is 8. The Balaban J connectivity index is 3.72. The number of carbonyl (C=O) groups is 1. The molecule has 0 rings (SSSR count). The van der Waals surface area contributed by atoms with Crippen LogP contribution >= 0.6 is 0 Å². The van der Waals surface area contributed by atoms with Gasteiger partial charge < -0.3 is 4.74 Å². The zero-order valence-corrected chi connectivity index (χ0v) is 18.3. The monoisotopic (exact) mass is 405 g/mol. The zero-order chi connectivity index (χ0) is 21.6. The summed E-state index contributed by atoms with van der Waals surface area (Å²) in [5, 5.41) is 11.0. The van der Waals surface area contributed by atoms with Crippen molar-refractivity contribution in [3.63, 3.8) is 0 Å². The van der Waals surface area contributed by atoms with Gasteiger partial charge in [-0.3, -0.25) is 14.9 Å². The topological polar surface area (TPSA) is 69.4 Å². The normalized spacial score (nSPS) is 13.2. The summed E-state index contributed by atoms with van der Waals surface area (Å²) in [6, 6.07) is -0.666. The summed E-state index contributed by atoms with van der Waals surface area (Å²) < 4.78 is 4.53. The maximum absolute atomic E-state index is 11.1. The number of unbranched alkanes of at least 4 members (excludes halogenated alkanes) is 4. The second-order valence-electron chi connectivity index (χ2n) is 7.07. The van der Waals surface area contributed by atoms with E-state index in [1.165, 1.54) is 32.8 Å². The molecule has 0 aromatic rings. The number of ether oxygens (including phenoxy) is 1. The van der Waals surface area contributed by atoms with E-state index < -0.39 is 12.0 Å². The highest BCUT2D eigenvalue weighted by Gasteiger charge is 2.20. The minimum atomic E-state index is -0.666. The van der Waals surface area contributed by atoms with Crippen LogP contribution in [0, 0.1) is 10.1 Å². The van der Waals surface area contributed by atoms with Gasteiger partial charge in [0.15, 0.2) is 0 Å². The van der Waals surface area contributed by atoms with Crippen molar-refractivity contribution >= 4 is 5.97 Å². The number of methoxy groups -OCH3 is 1. The van der Waals surface area contributed by atoms with Gasteiger partial charge in [0, 0.05) is 17.8 Å². The Bertz CT molecular complexity index is 535. The van der Waals surface area contributed by atoms with Gasteiger partial charge in [0.05, 0.1) is 13.5 Å². The lowest BCUT2D eigenvalue weighted by atomic mass is 10.0. The van der Waals surface area contributed by atoms with Crippen LogP contribution in [0.4, 0.5) is 0 Å². The van der Waals surface area contributed by atoms with Crippen molar-refractivity contribution in [1.29, 1.82) is 0 Å². The number of nitrogens with zero attached hydrogens (tertiary/aromatic N) is 1. The van der Waals surface area contributed by atoms with Gasteiger partial charge in [-0.05, 0) is 44.9 Å². The first-order valence-electron chi connectivity index (χ1n) is 10.9. The molecule has 29 heavy (non-hydrogen) atoms. The summed E-state index contributed by atoms with van der Waals surface area (Å²) >= 11 is 0. The molecule has 164 valence electrons. The van der Waals surface area contributed by atoms with Gasteiger partial charge in [-0.1, -0.05) is 68.4 Å². The standard InChI is InChI=1S/C24H39NO4/c1-3-4-5-6-7-8-9-10-11-12-13-14-15-16-17-18-19-20-23(25(27)28)21-22-24(26)29-2/h7-8,10-11,13-14,16-17,23H,3-6,9,12,15,18-22H2,1-2H3. The van der Waals surface area contributed by atoms with Crippen LogP contribution in [-0.2, 0) is 9.53 Å². The summed E-state index contributed by atoms with van der Waals surface area (Å²) in [5.41, 5.74) is 0. The van der Waals surface area contributed by atoms with Crippen molar-refractivity contribution in [3.8, 4) is 0 Å². The number of esters is 1. The van der Waals surface area contributed by atoms with E-state index in [2.05, 4.69) is 60.3 Å². The number of carbonyl (C=O) groups excluding carboxylic acids is 1. The summed E-state index contributed by atoms with van der Waals surface area (Å²) in [5.74, 6) is -0.391. The molecule has 0 aliphatic carbocycles. The van der Waals surface area contributed by atoms with Gasteiger partial charge in [-0.15, -0.1) is 0 Å². The fraction of sp³-hybridized carbons (Fsp3) is 0.625. The van der Waals surface area contributed by atoms with Crippen molar-refractivity contribution in [2.24, 2.45) is 0 Å². The third kappa shape index (κ3) is 18.9. The van der Waals surface area contributed by atoms with E-state index in [1.807, 2.05) is 0 Å². The van der Waals surface area contributed by atoms with Crippen molar-refractivity contribution in [3.05, 3.63) is 58.7 Å². The van der Waals surface area contributed by atoms with E-state index in [-0.39, 0.29) is 17.8 Å². The highest BCUT2D eigenvalue weighted by atomic mass is 16.6. The number of hydrogen-bond donors (Lipinski definition) is 0.